The van der Waals surface area contributed by atoms with Gasteiger partial charge in [-0.2, -0.15) is 0 Å². The van der Waals surface area contributed by atoms with Gasteiger partial charge in [0.05, 0.1) is 12.7 Å². The zero-order valence-corrected chi connectivity index (χ0v) is 30.8. The summed E-state index contributed by atoms with van der Waals surface area (Å²) in [7, 11) is 4.26. The van der Waals surface area contributed by atoms with Crippen molar-refractivity contribution in [1.29, 1.82) is 0 Å². The monoisotopic (exact) mass is 620 g/mol. The van der Waals surface area contributed by atoms with Crippen molar-refractivity contribution in [2.24, 2.45) is 0 Å². The summed E-state index contributed by atoms with van der Waals surface area (Å²) in [6.07, 6.45) is 47.6. The third kappa shape index (κ3) is 37.5. The summed E-state index contributed by atoms with van der Waals surface area (Å²) >= 11 is 0. The van der Waals surface area contributed by atoms with Crippen LogP contribution in [0, 0.1) is 0 Å². The van der Waals surface area contributed by atoms with Crippen molar-refractivity contribution in [2.45, 2.75) is 200 Å². The van der Waals surface area contributed by atoms with E-state index in [2.05, 4.69) is 57.1 Å². The normalized spacial score (nSPS) is 12.8. The molecule has 0 bridgehead atoms. The molecular formula is C41H81NO2. The van der Waals surface area contributed by atoms with E-state index in [1.165, 1.54) is 180 Å². The van der Waals surface area contributed by atoms with Crippen LogP contribution in [0.1, 0.15) is 194 Å². The van der Waals surface area contributed by atoms with Gasteiger partial charge in [-0.05, 0) is 78.3 Å². The standard InChI is InChI=1S/C41H81NO2/c1-5-7-9-11-13-15-17-19-21-23-25-27-29-31-33-35-37-43-40-41(39-42(3)4)44-38-36-34-32-30-28-26-24-22-20-18-16-14-12-10-8-6-2/h19-22,41H,5-18,23-40H2,1-4H3/b21-19+,22-20+. The molecule has 0 aliphatic rings. The molecule has 44 heavy (non-hydrogen) atoms. The number of ether oxygens (including phenoxy) is 2. The van der Waals surface area contributed by atoms with E-state index in [0.29, 0.717) is 0 Å². The number of unbranched alkanes of at least 4 members (excludes halogenated alkanes) is 24. The van der Waals surface area contributed by atoms with Gasteiger partial charge in [-0.15, -0.1) is 0 Å². The number of allylic oxidation sites excluding steroid dienone is 4. The minimum atomic E-state index is 0.197. The van der Waals surface area contributed by atoms with E-state index in [9.17, 15) is 0 Å². The maximum absolute atomic E-state index is 6.22. The molecule has 0 aliphatic heterocycles. The lowest BCUT2D eigenvalue weighted by Gasteiger charge is -2.21. The fourth-order valence-corrected chi connectivity index (χ4v) is 5.83. The van der Waals surface area contributed by atoms with E-state index in [0.717, 1.165) is 26.4 Å². The predicted octanol–water partition coefficient (Wildman–Crippen LogP) is 13.0. The molecule has 1 atom stereocenters. The van der Waals surface area contributed by atoms with Crippen LogP contribution in [0.5, 0.6) is 0 Å². The lowest BCUT2D eigenvalue weighted by molar-refractivity contribution is -0.0287. The Labute approximate surface area is 278 Å². The molecular weight excluding hydrogens is 538 g/mol. The topological polar surface area (TPSA) is 21.7 Å². The van der Waals surface area contributed by atoms with Gasteiger partial charge in [-0.1, -0.05) is 154 Å². The summed E-state index contributed by atoms with van der Waals surface area (Å²) < 4.78 is 12.3. The van der Waals surface area contributed by atoms with Crippen LogP contribution in [0.25, 0.3) is 0 Å². The highest BCUT2D eigenvalue weighted by molar-refractivity contribution is 4.82. The SMILES string of the molecule is CCCCCCCC/C=C/CCCCCCCCOCC(CN(C)C)OCCCCCCCC/C=C/CCCCCCCC. The molecule has 0 saturated heterocycles. The summed E-state index contributed by atoms with van der Waals surface area (Å²) in [4.78, 5) is 2.22. The summed E-state index contributed by atoms with van der Waals surface area (Å²) in [5.74, 6) is 0. The van der Waals surface area contributed by atoms with E-state index in [1.807, 2.05) is 0 Å². The van der Waals surface area contributed by atoms with Gasteiger partial charge >= 0.3 is 0 Å². The van der Waals surface area contributed by atoms with Crippen molar-refractivity contribution >= 4 is 0 Å². The second kappa shape index (κ2) is 38.5. The van der Waals surface area contributed by atoms with Crippen molar-refractivity contribution in [2.75, 3.05) is 40.5 Å². The number of rotatable bonds is 37. The molecule has 3 nitrogen and oxygen atoms in total. The summed E-state index contributed by atoms with van der Waals surface area (Å²) in [5, 5.41) is 0. The minimum Gasteiger partial charge on any atom is -0.379 e. The highest BCUT2D eigenvalue weighted by Crippen LogP contribution is 2.12. The van der Waals surface area contributed by atoms with E-state index in [4.69, 9.17) is 9.47 Å². The van der Waals surface area contributed by atoms with Gasteiger partial charge in [-0.25, -0.2) is 0 Å². The third-order valence-corrected chi connectivity index (χ3v) is 8.68. The zero-order valence-electron chi connectivity index (χ0n) is 30.8. The Hall–Kier alpha value is -0.640. The second-order valence-corrected chi connectivity index (χ2v) is 13.7. The first-order chi connectivity index (χ1) is 21.7. The molecule has 0 spiro atoms. The first-order valence-corrected chi connectivity index (χ1v) is 19.8. The predicted molar refractivity (Wildman–Crippen MR) is 198 cm³/mol. The van der Waals surface area contributed by atoms with E-state index >= 15 is 0 Å². The summed E-state index contributed by atoms with van der Waals surface area (Å²) in [5.41, 5.74) is 0. The van der Waals surface area contributed by atoms with E-state index in [1.54, 1.807) is 0 Å². The highest BCUT2D eigenvalue weighted by atomic mass is 16.5. The van der Waals surface area contributed by atoms with Crippen LogP contribution in [0.3, 0.4) is 0 Å². The van der Waals surface area contributed by atoms with Gasteiger partial charge in [0.25, 0.3) is 0 Å². The van der Waals surface area contributed by atoms with Crippen LogP contribution < -0.4 is 0 Å². The first kappa shape index (κ1) is 43.4. The molecule has 0 fully saturated rings. The van der Waals surface area contributed by atoms with Gasteiger partial charge < -0.3 is 14.4 Å². The zero-order chi connectivity index (χ0) is 32.0. The van der Waals surface area contributed by atoms with Crippen LogP contribution in [-0.4, -0.2) is 51.5 Å². The molecule has 0 rings (SSSR count). The molecule has 1 unspecified atom stereocenters. The Kier molecular flexibility index (Phi) is 38.0. The van der Waals surface area contributed by atoms with Crippen molar-refractivity contribution in [3.05, 3.63) is 24.3 Å². The Morgan fingerprint density at radius 1 is 0.432 bits per heavy atom. The van der Waals surface area contributed by atoms with Crippen LogP contribution >= 0.6 is 0 Å². The van der Waals surface area contributed by atoms with Crippen LogP contribution in [-0.2, 0) is 9.47 Å². The van der Waals surface area contributed by atoms with Crippen molar-refractivity contribution in [3.8, 4) is 0 Å². The molecule has 0 N–H and O–H groups in total. The maximum Gasteiger partial charge on any atom is 0.0934 e. The fourth-order valence-electron chi connectivity index (χ4n) is 5.83. The smallest absolute Gasteiger partial charge is 0.0934 e. The summed E-state index contributed by atoms with van der Waals surface area (Å²) in [6.45, 7) is 8.00. The molecule has 262 valence electrons. The largest absolute Gasteiger partial charge is 0.379 e. The fraction of sp³-hybridized carbons (Fsp3) is 0.902. The number of hydrogen-bond donors (Lipinski definition) is 0. The second-order valence-electron chi connectivity index (χ2n) is 13.7. The number of hydrogen-bond acceptors (Lipinski definition) is 3. The van der Waals surface area contributed by atoms with Crippen molar-refractivity contribution in [1.82, 2.24) is 4.90 Å². The molecule has 3 heteroatoms. The maximum atomic E-state index is 6.22. The molecule has 0 heterocycles. The lowest BCUT2D eigenvalue weighted by Crippen LogP contribution is -2.32. The van der Waals surface area contributed by atoms with Crippen LogP contribution in [0.2, 0.25) is 0 Å². The van der Waals surface area contributed by atoms with Gasteiger partial charge in [0, 0.05) is 19.8 Å². The molecule has 0 radical (unpaired) electrons. The average Bonchev–Trinajstić information content (AvgIpc) is 3.01. The Morgan fingerprint density at radius 3 is 1.16 bits per heavy atom. The molecule has 0 aliphatic carbocycles. The molecule has 0 saturated carbocycles. The Balaban J connectivity index is 3.52. The van der Waals surface area contributed by atoms with E-state index < -0.39 is 0 Å². The Morgan fingerprint density at radius 2 is 0.773 bits per heavy atom. The average molecular weight is 620 g/mol. The van der Waals surface area contributed by atoms with Gasteiger partial charge in [0.1, 0.15) is 0 Å². The van der Waals surface area contributed by atoms with Crippen LogP contribution in [0.15, 0.2) is 24.3 Å². The van der Waals surface area contributed by atoms with Crippen LogP contribution in [0.4, 0.5) is 0 Å². The molecule has 0 aromatic carbocycles. The van der Waals surface area contributed by atoms with Crippen molar-refractivity contribution < 1.29 is 9.47 Å². The summed E-state index contributed by atoms with van der Waals surface area (Å²) in [6, 6.07) is 0. The number of nitrogens with zero attached hydrogens (tertiary/aromatic N) is 1. The van der Waals surface area contributed by atoms with Gasteiger partial charge in [0.15, 0.2) is 0 Å². The first-order valence-electron chi connectivity index (χ1n) is 19.8. The molecule has 0 amide bonds. The van der Waals surface area contributed by atoms with Gasteiger partial charge in [0.2, 0.25) is 0 Å². The lowest BCUT2D eigenvalue weighted by atomic mass is 10.1. The third-order valence-electron chi connectivity index (χ3n) is 8.68. The van der Waals surface area contributed by atoms with Gasteiger partial charge in [-0.3, -0.25) is 0 Å². The Bertz CT molecular complexity index is 573. The quantitative estimate of drug-likeness (QED) is 0.0510. The molecule has 0 aromatic rings. The van der Waals surface area contributed by atoms with Crippen molar-refractivity contribution in [3.63, 3.8) is 0 Å². The highest BCUT2D eigenvalue weighted by Gasteiger charge is 2.10. The molecule has 0 aromatic heterocycles. The van der Waals surface area contributed by atoms with E-state index in [-0.39, 0.29) is 6.10 Å². The number of likely N-dealkylation sites (N-methyl/N-ethyl adjacent to an activating group) is 1. The minimum absolute atomic E-state index is 0.197.